The molecular formula is C24H28N2O2. The van der Waals surface area contributed by atoms with Crippen LogP contribution in [0, 0.1) is 6.92 Å². The van der Waals surface area contributed by atoms with Crippen LogP contribution in [0.1, 0.15) is 36.9 Å². The van der Waals surface area contributed by atoms with Crippen LogP contribution in [0.25, 0.3) is 10.9 Å². The molecule has 0 aliphatic carbocycles. The van der Waals surface area contributed by atoms with Gasteiger partial charge in [-0.05, 0) is 55.7 Å². The van der Waals surface area contributed by atoms with Crippen molar-refractivity contribution in [3.8, 4) is 11.5 Å². The topological polar surface area (TPSA) is 34.6 Å². The smallest absolute Gasteiger partial charge is 0.122 e. The maximum atomic E-state index is 6.04. The van der Waals surface area contributed by atoms with Crippen molar-refractivity contribution in [3.63, 3.8) is 0 Å². The molecule has 4 nitrogen and oxygen atoms in total. The largest absolute Gasteiger partial charge is 0.497 e. The van der Waals surface area contributed by atoms with Crippen LogP contribution in [-0.4, -0.2) is 25.2 Å². The molecule has 0 unspecified atom stereocenters. The second kappa shape index (κ2) is 8.51. The number of hydrogen-bond acceptors (Lipinski definition) is 4. The number of aromatic nitrogens is 1. The Labute approximate surface area is 167 Å². The molecule has 146 valence electrons. The number of ether oxygens (including phenoxy) is 2. The summed E-state index contributed by atoms with van der Waals surface area (Å²) < 4.78 is 11.3. The number of rotatable bonds is 5. The molecule has 1 aliphatic heterocycles. The van der Waals surface area contributed by atoms with Gasteiger partial charge in [-0.1, -0.05) is 25.0 Å². The van der Waals surface area contributed by atoms with Gasteiger partial charge in [0.05, 0.1) is 12.6 Å². The quantitative estimate of drug-likeness (QED) is 0.588. The Morgan fingerprint density at radius 3 is 2.54 bits per heavy atom. The fourth-order valence-electron chi connectivity index (χ4n) is 3.91. The zero-order chi connectivity index (χ0) is 19.3. The fourth-order valence-corrected chi connectivity index (χ4v) is 3.91. The van der Waals surface area contributed by atoms with Crippen LogP contribution in [0.4, 0.5) is 5.69 Å². The van der Waals surface area contributed by atoms with E-state index in [1.54, 1.807) is 7.11 Å². The molecular weight excluding hydrogens is 348 g/mol. The van der Waals surface area contributed by atoms with Crippen molar-refractivity contribution in [1.82, 2.24) is 4.98 Å². The lowest BCUT2D eigenvalue weighted by Gasteiger charge is -2.24. The van der Waals surface area contributed by atoms with Gasteiger partial charge in [-0.15, -0.1) is 0 Å². The summed E-state index contributed by atoms with van der Waals surface area (Å²) in [4.78, 5) is 7.30. The van der Waals surface area contributed by atoms with Crippen LogP contribution < -0.4 is 14.4 Å². The Kier molecular flexibility index (Phi) is 5.65. The van der Waals surface area contributed by atoms with Crippen LogP contribution in [0.2, 0.25) is 0 Å². The van der Waals surface area contributed by atoms with Gasteiger partial charge < -0.3 is 14.4 Å². The first-order valence-electron chi connectivity index (χ1n) is 10.1. The minimum atomic E-state index is 0.507. The molecule has 1 fully saturated rings. The Morgan fingerprint density at radius 2 is 1.75 bits per heavy atom. The number of anilines is 1. The molecule has 3 aromatic rings. The van der Waals surface area contributed by atoms with Gasteiger partial charge in [0.1, 0.15) is 18.1 Å². The normalized spacial score (nSPS) is 14.7. The summed E-state index contributed by atoms with van der Waals surface area (Å²) in [5.74, 6) is 1.69. The predicted molar refractivity (Wildman–Crippen MR) is 114 cm³/mol. The van der Waals surface area contributed by atoms with E-state index in [-0.39, 0.29) is 0 Å². The summed E-state index contributed by atoms with van der Waals surface area (Å²) >= 11 is 0. The number of benzene rings is 2. The van der Waals surface area contributed by atoms with E-state index in [0.717, 1.165) is 41.4 Å². The molecule has 1 aromatic heterocycles. The second-order valence-corrected chi connectivity index (χ2v) is 7.50. The number of nitrogens with zero attached hydrogens (tertiary/aromatic N) is 2. The van der Waals surface area contributed by atoms with Gasteiger partial charge in [-0.3, -0.25) is 4.98 Å². The highest BCUT2D eigenvalue weighted by molar-refractivity contribution is 5.92. The highest BCUT2D eigenvalue weighted by atomic mass is 16.5. The Balaban J connectivity index is 1.58. The van der Waals surface area contributed by atoms with Crippen molar-refractivity contribution in [2.24, 2.45) is 0 Å². The van der Waals surface area contributed by atoms with Gasteiger partial charge in [0.15, 0.2) is 0 Å². The molecule has 2 aromatic carbocycles. The minimum Gasteiger partial charge on any atom is -0.497 e. The molecule has 0 atom stereocenters. The Bertz CT molecular complexity index is 946. The van der Waals surface area contributed by atoms with Gasteiger partial charge in [0, 0.05) is 35.9 Å². The number of hydrogen-bond donors (Lipinski definition) is 0. The SMILES string of the molecule is COc1cccc(COc2ccc3c(N4CCCCCC4)cc(C)nc3c2)c1. The first-order chi connectivity index (χ1) is 13.7. The van der Waals surface area contributed by atoms with Gasteiger partial charge in [0.2, 0.25) is 0 Å². The van der Waals surface area contributed by atoms with E-state index < -0.39 is 0 Å². The number of methoxy groups -OCH3 is 1. The van der Waals surface area contributed by atoms with Crippen molar-refractivity contribution < 1.29 is 9.47 Å². The third kappa shape index (κ3) is 4.22. The molecule has 0 bridgehead atoms. The van der Waals surface area contributed by atoms with E-state index in [1.807, 2.05) is 24.3 Å². The lowest BCUT2D eigenvalue weighted by Crippen LogP contribution is -2.24. The van der Waals surface area contributed by atoms with Crippen molar-refractivity contribution in [1.29, 1.82) is 0 Å². The summed E-state index contributed by atoms with van der Waals surface area (Å²) in [7, 11) is 1.68. The standard InChI is InChI=1S/C24H28N2O2/c1-18-14-24(26-12-5-3-4-6-13-26)22-11-10-21(16-23(22)25-18)28-17-19-8-7-9-20(15-19)27-2/h7-11,14-16H,3-6,12-13,17H2,1-2H3. The van der Waals surface area contributed by atoms with Crippen LogP contribution in [0.3, 0.4) is 0 Å². The van der Waals surface area contributed by atoms with E-state index >= 15 is 0 Å². The van der Waals surface area contributed by atoms with Crippen LogP contribution in [0.5, 0.6) is 11.5 Å². The van der Waals surface area contributed by atoms with E-state index in [4.69, 9.17) is 14.5 Å². The third-order valence-electron chi connectivity index (χ3n) is 5.37. The Hall–Kier alpha value is -2.75. The van der Waals surface area contributed by atoms with Gasteiger partial charge in [0.25, 0.3) is 0 Å². The average molecular weight is 377 g/mol. The van der Waals surface area contributed by atoms with Crippen molar-refractivity contribution in [2.75, 3.05) is 25.1 Å². The molecule has 0 radical (unpaired) electrons. The lowest BCUT2D eigenvalue weighted by atomic mass is 10.1. The molecule has 1 saturated heterocycles. The highest BCUT2D eigenvalue weighted by Gasteiger charge is 2.14. The maximum absolute atomic E-state index is 6.04. The van der Waals surface area contributed by atoms with E-state index in [2.05, 4.69) is 36.1 Å². The second-order valence-electron chi connectivity index (χ2n) is 7.50. The maximum Gasteiger partial charge on any atom is 0.122 e. The number of aryl methyl sites for hydroxylation is 1. The number of pyridine rings is 1. The summed E-state index contributed by atoms with van der Waals surface area (Å²) in [6.07, 6.45) is 5.21. The van der Waals surface area contributed by atoms with Gasteiger partial charge >= 0.3 is 0 Å². The summed E-state index contributed by atoms with van der Waals surface area (Å²) in [5.41, 5.74) is 4.45. The first kappa shape index (κ1) is 18.6. The molecule has 2 heterocycles. The van der Waals surface area contributed by atoms with Crippen molar-refractivity contribution in [3.05, 3.63) is 59.8 Å². The summed E-state index contributed by atoms with van der Waals surface area (Å²) in [6.45, 7) is 4.84. The molecule has 1 aliphatic rings. The molecule has 4 rings (SSSR count). The van der Waals surface area contributed by atoms with Crippen molar-refractivity contribution >= 4 is 16.6 Å². The minimum absolute atomic E-state index is 0.507. The molecule has 0 amide bonds. The van der Waals surface area contributed by atoms with Crippen LogP contribution in [0.15, 0.2) is 48.5 Å². The van der Waals surface area contributed by atoms with Crippen LogP contribution in [-0.2, 0) is 6.61 Å². The van der Waals surface area contributed by atoms with Gasteiger partial charge in [-0.2, -0.15) is 0 Å². The molecule has 0 spiro atoms. The van der Waals surface area contributed by atoms with Gasteiger partial charge in [-0.25, -0.2) is 0 Å². The first-order valence-corrected chi connectivity index (χ1v) is 10.1. The Morgan fingerprint density at radius 1 is 0.929 bits per heavy atom. The predicted octanol–water partition coefficient (Wildman–Crippen LogP) is 5.51. The van der Waals surface area contributed by atoms with Crippen molar-refractivity contribution in [2.45, 2.75) is 39.2 Å². The summed E-state index contributed by atoms with van der Waals surface area (Å²) in [6, 6.07) is 16.5. The monoisotopic (exact) mass is 376 g/mol. The van der Waals surface area contributed by atoms with E-state index in [1.165, 1.54) is 36.8 Å². The molecule has 28 heavy (non-hydrogen) atoms. The third-order valence-corrected chi connectivity index (χ3v) is 5.37. The molecule has 4 heteroatoms. The average Bonchev–Trinajstić information content (AvgIpc) is 3.01. The molecule has 0 N–H and O–H groups in total. The van der Waals surface area contributed by atoms with E-state index in [0.29, 0.717) is 6.61 Å². The van der Waals surface area contributed by atoms with E-state index in [9.17, 15) is 0 Å². The molecule has 0 saturated carbocycles. The number of fused-ring (bicyclic) bond motifs is 1. The zero-order valence-electron chi connectivity index (χ0n) is 16.8. The van der Waals surface area contributed by atoms with Crippen LogP contribution >= 0.6 is 0 Å². The lowest BCUT2D eigenvalue weighted by molar-refractivity contribution is 0.305. The zero-order valence-corrected chi connectivity index (χ0v) is 16.8. The fraction of sp³-hybridized carbons (Fsp3) is 0.375. The summed E-state index contributed by atoms with van der Waals surface area (Å²) in [5, 5.41) is 1.21. The highest BCUT2D eigenvalue weighted by Crippen LogP contribution is 2.31.